The molecule has 3 nitrogen and oxygen atoms in total. The van der Waals surface area contributed by atoms with Gasteiger partial charge in [0.1, 0.15) is 0 Å². The molecule has 3 atom stereocenters. The molecule has 0 aromatic heterocycles. The van der Waals surface area contributed by atoms with Crippen molar-refractivity contribution >= 4 is 18.4 Å². The highest BCUT2D eigenvalue weighted by atomic mass is 35.5. The molecule has 1 aliphatic rings. The fourth-order valence-corrected chi connectivity index (χ4v) is 1.99. The first-order valence-corrected chi connectivity index (χ1v) is 4.61. The van der Waals surface area contributed by atoms with Gasteiger partial charge in [0.15, 0.2) is 0 Å². The fraction of sp³-hybridized carbons (Fsp3) is 0.889. The number of carbonyl (C=O) groups is 1. The van der Waals surface area contributed by atoms with E-state index >= 15 is 0 Å². The van der Waals surface area contributed by atoms with Gasteiger partial charge in [-0.15, -0.1) is 12.4 Å². The molecule has 0 radical (unpaired) electrons. The van der Waals surface area contributed by atoms with Crippen LogP contribution in [0.15, 0.2) is 0 Å². The van der Waals surface area contributed by atoms with Crippen LogP contribution in [0.4, 0.5) is 0 Å². The SMILES string of the molecule is C[C@H](C(=O)O)C1CCCCC1N.Cl. The summed E-state index contributed by atoms with van der Waals surface area (Å²) in [6, 6.07) is 0.102. The van der Waals surface area contributed by atoms with Crippen molar-refractivity contribution in [3.05, 3.63) is 0 Å². The first-order valence-electron chi connectivity index (χ1n) is 4.61. The molecule has 1 saturated carbocycles. The van der Waals surface area contributed by atoms with E-state index in [0.717, 1.165) is 25.7 Å². The van der Waals surface area contributed by atoms with E-state index in [1.54, 1.807) is 6.92 Å². The molecule has 0 heterocycles. The zero-order valence-corrected chi connectivity index (χ0v) is 8.72. The van der Waals surface area contributed by atoms with Crippen LogP contribution in [0.25, 0.3) is 0 Å². The van der Waals surface area contributed by atoms with E-state index < -0.39 is 5.97 Å². The zero-order chi connectivity index (χ0) is 9.14. The van der Waals surface area contributed by atoms with E-state index in [0.29, 0.717) is 0 Å². The molecule has 78 valence electrons. The fourth-order valence-electron chi connectivity index (χ4n) is 1.99. The lowest BCUT2D eigenvalue weighted by molar-refractivity contribution is -0.143. The Labute approximate surface area is 85.1 Å². The molecule has 0 aliphatic heterocycles. The second kappa shape index (κ2) is 5.45. The maximum Gasteiger partial charge on any atom is 0.306 e. The number of aliphatic carboxylic acids is 1. The van der Waals surface area contributed by atoms with Crippen LogP contribution in [0.2, 0.25) is 0 Å². The molecule has 0 bridgehead atoms. The van der Waals surface area contributed by atoms with Crippen molar-refractivity contribution in [1.29, 1.82) is 0 Å². The standard InChI is InChI=1S/C9H17NO2.ClH/c1-6(9(11)12)7-4-2-3-5-8(7)10;/h6-8H,2-5,10H2,1H3,(H,11,12);1H/t6-,7?,8?;/m0./s1. The topological polar surface area (TPSA) is 63.3 Å². The van der Waals surface area contributed by atoms with Crippen molar-refractivity contribution in [3.8, 4) is 0 Å². The van der Waals surface area contributed by atoms with Gasteiger partial charge in [-0.05, 0) is 18.8 Å². The van der Waals surface area contributed by atoms with Gasteiger partial charge >= 0.3 is 5.97 Å². The van der Waals surface area contributed by atoms with Crippen molar-refractivity contribution in [1.82, 2.24) is 0 Å². The van der Waals surface area contributed by atoms with E-state index in [9.17, 15) is 4.79 Å². The molecular weight excluding hydrogens is 190 g/mol. The van der Waals surface area contributed by atoms with Crippen LogP contribution in [0.3, 0.4) is 0 Å². The lowest BCUT2D eigenvalue weighted by Gasteiger charge is -2.31. The Hall–Kier alpha value is -0.280. The Bertz CT molecular complexity index is 175. The number of carboxylic acid groups (broad SMARTS) is 1. The number of hydrogen-bond donors (Lipinski definition) is 2. The zero-order valence-electron chi connectivity index (χ0n) is 7.90. The third-order valence-corrected chi connectivity index (χ3v) is 2.91. The molecule has 3 N–H and O–H groups in total. The average molecular weight is 208 g/mol. The van der Waals surface area contributed by atoms with Crippen LogP contribution in [0.1, 0.15) is 32.6 Å². The van der Waals surface area contributed by atoms with Crippen molar-refractivity contribution < 1.29 is 9.90 Å². The molecule has 4 heteroatoms. The molecule has 0 amide bonds. The molecule has 13 heavy (non-hydrogen) atoms. The Balaban J connectivity index is 0.00000144. The smallest absolute Gasteiger partial charge is 0.306 e. The molecule has 0 saturated heterocycles. The van der Waals surface area contributed by atoms with Crippen LogP contribution < -0.4 is 5.73 Å². The minimum Gasteiger partial charge on any atom is -0.481 e. The monoisotopic (exact) mass is 207 g/mol. The van der Waals surface area contributed by atoms with Gasteiger partial charge < -0.3 is 10.8 Å². The predicted molar refractivity (Wildman–Crippen MR) is 54.0 cm³/mol. The van der Waals surface area contributed by atoms with E-state index in [4.69, 9.17) is 10.8 Å². The molecule has 0 spiro atoms. The van der Waals surface area contributed by atoms with Gasteiger partial charge in [0, 0.05) is 6.04 Å². The van der Waals surface area contributed by atoms with Crippen molar-refractivity contribution in [2.75, 3.05) is 0 Å². The highest BCUT2D eigenvalue weighted by Gasteiger charge is 2.30. The molecular formula is C9H18ClNO2. The first-order chi connectivity index (χ1) is 5.63. The average Bonchev–Trinajstić information content (AvgIpc) is 2.04. The summed E-state index contributed by atoms with van der Waals surface area (Å²) in [5.41, 5.74) is 5.85. The second-order valence-electron chi connectivity index (χ2n) is 3.74. The van der Waals surface area contributed by atoms with Crippen LogP contribution >= 0.6 is 12.4 Å². The summed E-state index contributed by atoms with van der Waals surface area (Å²) in [5.74, 6) is -0.797. The van der Waals surface area contributed by atoms with Gasteiger partial charge in [0.2, 0.25) is 0 Å². The van der Waals surface area contributed by atoms with Crippen LogP contribution in [0.5, 0.6) is 0 Å². The van der Waals surface area contributed by atoms with Gasteiger partial charge in [-0.25, -0.2) is 0 Å². The Morgan fingerprint density at radius 3 is 2.46 bits per heavy atom. The van der Waals surface area contributed by atoms with Crippen molar-refractivity contribution in [2.45, 2.75) is 38.6 Å². The largest absolute Gasteiger partial charge is 0.481 e. The van der Waals surface area contributed by atoms with E-state index in [-0.39, 0.29) is 30.3 Å². The summed E-state index contributed by atoms with van der Waals surface area (Å²) in [4.78, 5) is 10.7. The van der Waals surface area contributed by atoms with E-state index in [1.165, 1.54) is 0 Å². The maximum absolute atomic E-state index is 10.7. The Kier molecular flexibility index (Phi) is 5.33. The quantitative estimate of drug-likeness (QED) is 0.724. The summed E-state index contributed by atoms with van der Waals surface area (Å²) in [7, 11) is 0. The summed E-state index contributed by atoms with van der Waals surface area (Å²) in [6.07, 6.45) is 4.26. The van der Waals surface area contributed by atoms with Crippen LogP contribution in [-0.4, -0.2) is 17.1 Å². The third kappa shape index (κ3) is 3.16. The summed E-state index contributed by atoms with van der Waals surface area (Å²) < 4.78 is 0. The highest BCUT2D eigenvalue weighted by Crippen LogP contribution is 2.29. The van der Waals surface area contributed by atoms with Gasteiger partial charge in [-0.3, -0.25) is 4.79 Å². The number of carboxylic acids is 1. The molecule has 1 fully saturated rings. The van der Waals surface area contributed by atoms with Gasteiger partial charge in [-0.1, -0.05) is 19.8 Å². The molecule has 0 aromatic rings. The first kappa shape index (κ1) is 12.7. The summed E-state index contributed by atoms with van der Waals surface area (Å²) in [6.45, 7) is 1.76. The predicted octanol–water partition coefficient (Wildman–Crippen LogP) is 1.65. The lowest BCUT2D eigenvalue weighted by atomic mass is 9.77. The Morgan fingerprint density at radius 1 is 1.46 bits per heavy atom. The maximum atomic E-state index is 10.7. The highest BCUT2D eigenvalue weighted by molar-refractivity contribution is 5.85. The van der Waals surface area contributed by atoms with Crippen LogP contribution in [-0.2, 0) is 4.79 Å². The minimum atomic E-state index is -0.711. The third-order valence-electron chi connectivity index (χ3n) is 2.91. The lowest BCUT2D eigenvalue weighted by Crippen LogP contribution is -2.39. The number of halogens is 1. The Morgan fingerprint density at radius 2 is 2.00 bits per heavy atom. The van der Waals surface area contributed by atoms with E-state index in [1.807, 2.05) is 0 Å². The van der Waals surface area contributed by atoms with E-state index in [2.05, 4.69) is 0 Å². The number of hydrogen-bond acceptors (Lipinski definition) is 2. The van der Waals surface area contributed by atoms with Gasteiger partial charge in [0.25, 0.3) is 0 Å². The molecule has 1 rings (SSSR count). The molecule has 2 unspecified atom stereocenters. The van der Waals surface area contributed by atoms with Gasteiger partial charge in [0.05, 0.1) is 5.92 Å². The summed E-state index contributed by atoms with van der Waals surface area (Å²) in [5, 5.41) is 8.80. The normalized spacial score (nSPS) is 30.3. The second-order valence-corrected chi connectivity index (χ2v) is 3.74. The van der Waals surface area contributed by atoms with Crippen LogP contribution in [0, 0.1) is 11.8 Å². The minimum absolute atomic E-state index is 0. The number of nitrogens with two attached hydrogens (primary N) is 1. The van der Waals surface area contributed by atoms with Gasteiger partial charge in [-0.2, -0.15) is 0 Å². The number of rotatable bonds is 2. The molecule has 1 aliphatic carbocycles. The van der Waals surface area contributed by atoms with Crippen molar-refractivity contribution in [3.63, 3.8) is 0 Å². The molecule has 0 aromatic carbocycles. The van der Waals surface area contributed by atoms with Crippen molar-refractivity contribution in [2.24, 2.45) is 17.6 Å². The summed E-state index contributed by atoms with van der Waals surface area (Å²) >= 11 is 0.